The van der Waals surface area contributed by atoms with Gasteiger partial charge in [-0.3, -0.25) is 20.1 Å². The minimum absolute atomic E-state index is 0.00870. The van der Waals surface area contributed by atoms with Crippen LogP contribution < -0.4 is 11.3 Å². The van der Waals surface area contributed by atoms with E-state index in [0.29, 0.717) is 23.4 Å². The predicted molar refractivity (Wildman–Crippen MR) is 98.8 cm³/mol. The molecule has 132 valence electrons. The zero-order chi connectivity index (χ0) is 18.7. The van der Waals surface area contributed by atoms with Gasteiger partial charge in [0.1, 0.15) is 5.84 Å². The first-order valence-corrected chi connectivity index (χ1v) is 8.02. The Bertz CT molecular complexity index is 999. The molecule has 3 rings (SSSR count). The smallest absolute Gasteiger partial charge is 0.303 e. The number of amidine groups is 1. The van der Waals surface area contributed by atoms with Crippen LogP contribution in [0.3, 0.4) is 0 Å². The summed E-state index contributed by atoms with van der Waals surface area (Å²) in [6, 6.07) is 15.7. The fraction of sp³-hybridized carbons (Fsp3) is 0.105. The Morgan fingerprint density at radius 2 is 1.77 bits per heavy atom. The first-order chi connectivity index (χ1) is 12.4. The molecular formula is C19H18N4O3. The molecule has 26 heavy (non-hydrogen) atoms. The summed E-state index contributed by atoms with van der Waals surface area (Å²) in [6.07, 6.45) is 0.519. The van der Waals surface area contributed by atoms with E-state index >= 15 is 0 Å². The van der Waals surface area contributed by atoms with E-state index in [9.17, 15) is 9.59 Å². The van der Waals surface area contributed by atoms with Crippen LogP contribution in [0.5, 0.6) is 0 Å². The number of carboxylic acid groups (broad SMARTS) is 1. The van der Waals surface area contributed by atoms with Crippen LogP contribution in [0, 0.1) is 5.41 Å². The van der Waals surface area contributed by atoms with Gasteiger partial charge in [0.2, 0.25) is 0 Å². The minimum atomic E-state index is -0.838. The highest BCUT2D eigenvalue weighted by atomic mass is 16.4. The number of carboxylic acids is 1. The molecule has 0 bridgehead atoms. The molecule has 0 radical (unpaired) electrons. The van der Waals surface area contributed by atoms with Crippen molar-refractivity contribution in [3.05, 3.63) is 76.1 Å². The van der Waals surface area contributed by atoms with Crippen molar-refractivity contribution in [3.63, 3.8) is 0 Å². The molecule has 5 N–H and O–H groups in total. The summed E-state index contributed by atoms with van der Waals surface area (Å²) < 4.78 is 1.43. The maximum absolute atomic E-state index is 12.3. The molecule has 0 aliphatic rings. The third-order valence-corrected chi connectivity index (χ3v) is 4.05. The number of nitrogens with zero attached hydrogens (tertiary/aromatic N) is 1. The highest BCUT2D eigenvalue weighted by molar-refractivity contribution is 5.95. The van der Waals surface area contributed by atoms with Crippen LogP contribution >= 0.6 is 0 Å². The normalized spacial score (nSPS) is 10.6. The summed E-state index contributed by atoms with van der Waals surface area (Å²) in [6.45, 7) is 0. The Balaban J connectivity index is 1.85. The Kier molecular flexibility index (Phi) is 4.70. The third-order valence-electron chi connectivity index (χ3n) is 4.05. The zero-order valence-corrected chi connectivity index (χ0v) is 13.9. The van der Waals surface area contributed by atoms with E-state index in [0.717, 1.165) is 11.1 Å². The maximum Gasteiger partial charge on any atom is 0.303 e. The Morgan fingerprint density at radius 1 is 1.12 bits per heavy atom. The second-order valence-electron chi connectivity index (χ2n) is 5.89. The summed E-state index contributed by atoms with van der Waals surface area (Å²) in [4.78, 5) is 22.9. The molecule has 0 amide bonds. The zero-order valence-electron chi connectivity index (χ0n) is 13.9. The van der Waals surface area contributed by atoms with E-state index < -0.39 is 5.97 Å². The van der Waals surface area contributed by atoms with Crippen molar-refractivity contribution >= 4 is 11.8 Å². The second kappa shape index (κ2) is 7.10. The van der Waals surface area contributed by atoms with Crippen LogP contribution in [0.1, 0.15) is 17.5 Å². The van der Waals surface area contributed by atoms with Gasteiger partial charge in [-0.25, -0.2) is 4.68 Å². The summed E-state index contributed by atoms with van der Waals surface area (Å²) >= 11 is 0. The van der Waals surface area contributed by atoms with E-state index in [2.05, 4.69) is 5.10 Å². The second-order valence-corrected chi connectivity index (χ2v) is 5.89. The first-order valence-electron chi connectivity index (χ1n) is 8.02. The highest BCUT2D eigenvalue weighted by Gasteiger charge is 2.08. The number of aromatic amines is 1. The van der Waals surface area contributed by atoms with Crippen molar-refractivity contribution in [2.75, 3.05) is 0 Å². The van der Waals surface area contributed by atoms with Gasteiger partial charge >= 0.3 is 5.97 Å². The van der Waals surface area contributed by atoms with Gasteiger partial charge in [-0.05, 0) is 29.7 Å². The molecule has 7 heteroatoms. The predicted octanol–water partition coefficient (Wildman–Crippen LogP) is 2.13. The molecule has 0 aliphatic heterocycles. The first kappa shape index (κ1) is 17.2. The molecule has 7 nitrogen and oxygen atoms in total. The average Bonchev–Trinajstić information content (AvgIpc) is 3.02. The van der Waals surface area contributed by atoms with Gasteiger partial charge < -0.3 is 10.8 Å². The van der Waals surface area contributed by atoms with E-state index in [1.165, 1.54) is 10.7 Å². The Hall–Kier alpha value is -3.61. The van der Waals surface area contributed by atoms with Gasteiger partial charge in [0, 0.05) is 18.1 Å². The van der Waals surface area contributed by atoms with Crippen LogP contribution in [0.4, 0.5) is 0 Å². The third kappa shape index (κ3) is 3.72. The molecular weight excluding hydrogens is 332 g/mol. The lowest BCUT2D eigenvalue weighted by Crippen LogP contribution is -2.13. The van der Waals surface area contributed by atoms with Gasteiger partial charge in [-0.2, -0.15) is 0 Å². The standard InChI is InChI=1S/C19H18N4O3/c20-19(21)14-6-4-13(5-7-14)16-11-17(24)23(22-16)15-8-1-12(2-9-15)3-10-18(25)26/h1-2,4-9,11,22H,3,10H2,(H3,20,21)(H,25,26). The number of H-pyrrole nitrogens is 1. The minimum Gasteiger partial charge on any atom is -0.481 e. The summed E-state index contributed by atoms with van der Waals surface area (Å²) in [5, 5.41) is 19.2. The number of nitrogens with two attached hydrogens (primary N) is 1. The number of carbonyl (C=O) groups is 1. The lowest BCUT2D eigenvalue weighted by atomic mass is 10.1. The number of hydrogen-bond acceptors (Lipinski definition) is 3. The highest BCUT2D eigenvalue weighted by Crippen LogP contribution is 2.17. The Morgan fingerprint density at radius 3 is 2.35 bits per heavy atom. The van der Waals surface area contributed by atoms with Crippen molar-refractivity contribution in [1.82, 2.24) is 9.78 Å². The van der Waals surface area contributed by atoms with Gasteiger partial charge in [-0.15, -0.1) is 0 Å². The lowest BCUT2D eigenvalue weighted by molar-refractivity contribution is -0.136. The van der Waals surface area contributed by atoms with Crippen LogP contribution in [0.15, 0.2) is 59.4 Å². The number of benzene rings is 2. The molecule has 0 unspecified atom stereocenters. The molecule has 0 saturated carbocycles. The number of rotatable bonds is 6. The topological polar surface area (TPSA) is 125 Å². The van der Waals surface area contributed by atoms with Crippen LogP contribution in [0.2, 0.25) is 0 Å². The average molecular weight is 350 g/mol. The molecule has 0 aliphatic carbocycles. The Labute approximate surface area is 149 Å². The number of aliphatic carboxylic acids is 1. The van der Waals surface area contributed by atoms with Crippen molar-refractivity contribution in [1.29, 1.82) is 5.41 Å². The van der Waals surface area contributed by atoms with Crippen LogP contribution in [-0.2, 0) is 11.2 Å². The van der Waals surface area contributed by atoms with Crippen molar-refractivity contribution < 1.29 is 9.90 Å². The monoisotopic (exact) mass is 350 g/mol. The lowest BCUT2D eigenvalue weighted by Gasteiger charge is -2.05. The van der Waals surface area contributed by atoms with E-state index in [4.69, 9.17) is 16.2 Å². The fourth-order valence-electron chi connectivity index (χ4n) is 2.63. The quantitative estimate of drug-likeness (QED) is 0.401. The number of hydrogen-bond donors (Lipinski definition) is 4. The number of nitrogens with one attached hydrogen (secondary N) is 2. The molecule has 2 aromatic carbocycles. The number of aryl methyl sites for hydroxylation is 1. The van der Waals surface area contributed by atoms with Gasteiger partial charge in [0.15, 0.2) is 0 Å². The van der Waals surface area contributed by atoms with Crippen molar-refractivity contribution in [3.8, 4) is 16.9 Å². The molecule has 3 aromatic rings. The van der Waals surface area contributed by atoms with Crippen molar-refractivity contribution in [2.24, 2.45) is 5.73 Å². The van der Waals surface area contributed by atoms with Crippen LogP contribution in [-0.4, -0.2) is 26.7 Å². The largest absolute Gasteiger partial charge is 0.481 e. The summed E-state index contributed by atoms with van der Waals surface area (Å²) in [5.74, 6) is -0.847. The molecule has 1 heterocycles. The number of aromatic nitrogens is 2. The van der Waals surface area contributed by atoms with E-state index in [-0.39, 0.29) is 17.8 Å². The van der Waals surface area contributed by atoms with Gasteiger partial charge in [-0.1, -0.05) is 36.4 Å². The summed E-state index contributed by atoms with van der Waals surface area (Å²) in [7, 11) is 0. The maximum atomic E-state index is 12.3. The van der Waals surface area contributed by atoms with E-state index in [1.54, 1.807) is 36.4 Å². The molecule has 0 fully saturated rings. The molecule has 0 atom stereocenters. The summed E-state index contributed by atoms with van der Waals surface area (Å²) in [5.41, 5.74) is 8.89. The van der Waals surface area contributed by atoms with E-state index in [1.807, 2.05) is 12.1 Å². The van der Waals surface area contributed by atoms with Crippen molar-refractivity contribution in [2.45, 2.75) is 12.8 Å². The van der Waals surface area contributed by atoms with Gasteiger partial charge in [0.25, 0.3) is 5.56 Å². The molecule has 0 spiro atoms. The van der Waals surface area contributed by atoms with Crippen LogP contribution in [0.25, 0.3) is 16.9 Å². The number of nitrogen functional groups attached to an aromatic ring is 1. The molecule has 1 aromatic heterocycles. The van der Waals surface area contributed by atoms with Gasteiger partial charge in [0.05, 0.1) is 11.4 Å². The fourth-order valence-corrected chi connectivity index (χ4v) is 2.63. The molecule has 0 saturated heterocycles. The SMILES string of the molecule is N=C(N)c1ccc(-c2cc(=O)n(-c3ccc(CCC(=O)O)cc3)[nH]2)cc1.